The Bertz CT molecular complexity index is 961. The molecule has 1 atom stereocenters. The standard InChI is InChI=1S/C21H27N7O4/c22-20-23-18(24-21(25-20)28-9-11-30-12-10-28)13-26-5-7-27(8-6-26)19(29)17-14-31-15-3-1-2-4-16(15)32-17/h1-4,17H,5-14H2,(H2,22,23,24,25). The van der Waals surface area contributed by atoms with E-state index < -0.39 is 6.10 Å². The van der Waals surface area contributed by atoms with Crippen LogP contribution in [0.3, 0.4) is 0 Å². The third kappa shape index (κ3) is 4.53. The van der Waals surface area contributed by atoms with Gasteiger partial charge in [0.25, 0.3) is 5.91 Å². The van der Waals surface area contributed by atoms with E-state index >= 15 is 0 Å². The first-order valence-corrected chi connectivity index (χ1v) is 10.9. The number of nitrogens with zero attached hydrogens (tertiary/aromatic N) is 6. The number of ether oxygens (including phenoxy) is 3. The minimum Gasteiger partial charge on any atom is -0.485 e. The molecule has 11 nitrogen and oxygen atoms in total. The first-order chi connectivity index (χ1) is 15.7. The number of hydrogen-bond donors (Lipinski definition) is 1. The molecule has 0 saturated carbocycles. The van der Waals surface area contributed by atoms with Gasteiger partial charge >= 0.3 is 0 Å². The fraction of sp³-hybridized carbons (Fsp3) is 0.524. The monoisotopic (exact) mass is 441 g/mol. The van der Waals surface area contributed by atoms with E-state index in [-0.39, 0.29) is 18.5 Å². The molecule has 170 valence electrons. The molecule has 2 aromatic rings. The van der Waals surface area contributed by atoms with Crippen molar-refractivity contribution in [1.82, 2.24) is 24.8 Å². The van der Waals surface area contributed by atoms with E-state index in [4.69, 9.17) is 19.9 Å². The van der Waals surface area contributed by atoms with E-state index in [1.54, 1.807) is 0 Å². The summed E-state index contributed by atoms with van der Waals surface area (Å²) in [4.78, 5) is 32.2. The van der Waals surface area contributed by atoms with Crippen LogP contribution >= 0.6 is 0 Å². The van der Waals surface area contributed by atoms with Crippen molar-refractivity contribution in [3.05, 3.63) is 30.1 Å². The van der Waals surface area contributed by atoms with Gasteiger partial charge in [0, 0.05) is 39.3 Å². The Hall–Kier alpha value is -3.18. The highest BCUT2D eigenvalue weighted by molar-refractivity contribution is 5.82. The predicted molar refractivity (Wildman–Crippen MR) is 115 cm³/mol. The number of carbonyl (C=O) groups excluding carboxylic acids is 1. The second kappa shape index (κ2) is 9.13. The summed E-state index contributed by atoms with van der Waals surface area (Å²) in [6.45, 7) is 6.21. The van der Waals surface area contributed by atoms with Crippen LogP contribution in [0.1, 0.15) is 5.82 Å². The molecular weight excluding hydrogens is 414 g/mol. The highest BCUT2D eigenvalue weighted by Crippen LogP contribution is 2.31. The van der Waals surface area contributed by atoms with Gasteiger partial charge in [-0.1, -0.05) is 12.1 Å². The topological polar surface area (TPSA) is 119 Å². The third-order valence-corrected chi connectivity index (χ3v) is 5.81. The summed E-state index contributed by atoms with van der Waals surface area (Å²) in [5.74, 6) is 2.70. The van der Waals surface area contributed by atoms with Crippen molar-refractivity contribution in [3.8, 4) is 11.5 Å². The van der Waals surface area contributed by atoms with Crippen LogP contribution in [0.5, 0.6) is 11.5 Å². The molecule has 11 heteroatoms. The van der Waals surface area contributed by atoms with Gasteiger partial charge in [0.05, 0.1) is 19.8 Å². The maximum absolute atomic E-state index is 12.9. The SMILES string of the molecule is Nc1nc(CN2CCN(C(=O)C3COc4ccccc4O3)CC2)nc(N2CCOCC2)n1. The molecule has 2 N–H and O–H groups in total. The Balaban J connectivity index is 1.16. The lowest BCUT2D eigenvalue weighted by atomic mass is 10.2. The Kier molecular flexibility index (Phi) is 5.91. The molecule has 1 aromatic carbocycles. The zero-order chi connectivity index (χ0) is 21.9. The second-order valence-corrected chi connectivity index (χ2v) is 7.97. The average Bonchev–Trinajstić information content (AvgIpc) is 2.84. The highest BCUT2D eigenvalue weighted by atomic mass is 16.6. The molecule has 4 heterocycles. The van der Waals surface area contributed by atoms with Crippen molar-refractivity contribution in [2.24, 2.45) is 0 Å². The number of benzene rings is 1. The van der Waals surface area contributed by atoms with Gasteiger partial charge in [0.15, 0.2) is 11.5 Å². The number of amides is 1. The van der Waals surface area contributed by atoms with Gasteiger partial charge < -0.3 is 29.7 Å². The maximum atomic E-state index is 12.9. The van der Waals surface area contributed by atoms with Crippen LogP contribution in [-0.2, 0) is 16.1 Å². The minimum atomic E-state index is -0.615. The number of carbonyl (C=O) groups is 1. The molecule has 3 aliphatic rings. The van der Waals surface area contributed by atoms with Crippen LogP contribution in [0.4, 0.5) is 11.9 Å². The molecule has 0 aliphatic carbocycles. The molecule has 2 fully saturated rings. The van der Waals surface area contributed by atoms with Crippen molar-refractivity contribution in [2.75, 3.05) is 69.7 Å². The Labute approximate surface area is 186 Å². The lowest BCUT2D eigenvalue weighted by Gasteiger charge is -2.37. The predicted octanol–water partition coefficient (Wildman–Crippen LogP) is -0.225. The summed E-state index contributed by atoms with van der Waals surface area (Å²) in [5, 5.41) is 0. The summed E-state index contributed by atoms with van der Waals surface area (Å²) in [5.41, 5.74) is 5.93. The summed E-state index contributed by atoms with van der Waals surface area (Å²) >= 11 is 0. The van der Waals surface area contributed by atoms with Gasteiger partial charge in [0.2, 0.25) is 18.0 Å². The number of fused-ring (bicyclic) bond motifs is 1. The van der Waals surface area contributed by atoms with Crippen LogP contribution < -0.4 is 20.1 Å². The van der Waals surface area contributed by atoms with Crippen LogP contribution in [0, 0.1) is 0 Å². The summed E-state index contributed by atoms with van der Waals surface area (Å²) in [6.07, 6.45) is -0.615. The van der Waals surface area contributed by atoms with E-state index in [0.717, 1.165) is 13.1 Å². The largest absolute Gasteiger partial charge is 0.485 e. The van der Waals surface area contributed by atoms with Crippen LogP contribution in [-0.4, -0.2) is 95.9 Å². The number of nitrogens with two attached hydrogens (primary N) is 1. The number of nitrogen functional groups attached to an aromatic ring is 1. The zero-order valence-electron chi connectivity index (χ0n) is 17.9. The second-order valence-electron chi connectivity index (χ2n) is 7.97. The molecule has 5 rings (SSSR count). The summed E-state index contributed by atoms with van der Waals surface area (Å²) in [7, 11) is 0. The Morgan fingerprint density at radius 1 is 1.00 bits per heavy atom. The fourth-order valence-corrected chi connectivity index (χ4v) is 4.07. The quantitative estimate of drug-likeness (QED) is 0.682. The highest BCUT2D eigenvalue weighted by Gasteiger charge is 2.32. The van der Waals surface area contributed by atoms with Gasteiger partial charge in [-0.15, -0.1) is 0 Å². The van der Waals surface area contributed by atoms with E-state index in [9.17, 15) is 4.79 Å². The number of piperazine rings is 1. The smallest absolute Gasteiger partial charge is 0.267 e. The van der Waals surface area contributed by atoms with Crippen LogP contribution in [0.2, 0.25) is 0 Å². The zero-order valence-corrected chi connectivity index (χ0v) is 17.9. The number of rotatable bonds is 4. The van der Waals surface area contributed by atoms with Crippen molar-refractivity contribution < 1.29 is 19.0 Å². The number of aromatic nitrogens is 3. The lowest BCUT2D eigenvalue weighted by molar-refractivity contribution is -0.143. The van der Waals surface area contributed by atoms with Crippen molar-refractivity contribution in [3.63, 3.8) is 0 Å². The number of morpholine rings is 1. The van der Waals surface area contributed by atoms with Crippen molar-refractivity contribution in [1.29, 1.82) is 0 Å². The van der Waals surface area contributed by atoms with E-state index in [2.05, 4.69) is 24.8 Å². The first-order valence-electron chi connectivity index (χ1n) is 10.9. The van der Waals surface area contributed by atoms with Crippen molar-refractivity contribution in [2.45, 2.75) is 12.6 Å². The summed E-state index contributed by atoms with van der Waals surface area (Å²) < 4.78 is 17.0. The average molecular weight is 441 g/mol. The van der Waals surface area contributed by atoms with Crippen LogP contribution in [0.25, 0.3) is 0 Å². The number of para-hydroxylation sites is 2. The third-order valence-electron chi connectivity index (χ3n) is 5.81. The minimum absolute atomic E-state index is 0.0434. The molecule has 2 saturated heterocycles. The van der Waals surface area contributed by atoms with Gasteiger partial charge in [-0.25, -0.2) is 0 Å². The lowest BCUT2D eigenvalue weighted by Crippen LogP contribution is -2.53. The molecule has 0 radical (unpaired) electrons. The molecule has 1 aromatic heterocycles. The van der Waals surface area contributed by atoms with Gasteiger partial charge in [-0.05, 0) is 12.1 Å². The maximum Gasteiger partial charge on any atom is 0.267 e. The fourth-order valence-electron chi connectivity index (χ4n) is 4.07. The Morgan fingerprint density at radius 2 is 1.75 bits per heavy atom. The molecule has 1 unspecified atom stereocenters. The molecular formula is C21H27N7O4. The molecule has 32 heavy (non-hydrogen) atoms. The van der Waals surface area contributed by atoms with Crippen LogP contribution in [0.15, 0.2) is 24.3 Å². The van der Waals surface area contributed by atoms with E-state index in [0.29, 0.717) is 69.2 Å². The van der Waals surface area contributed by atoms with Crippen molar-refractivity contribution >= 4 is 17.8 Å². The molecule has 1 amide bonds. The normalized spacial score (nSPS) is 21.4. The summed E-state index contributed by atoms with van der Waals surface area (Å²) in [6, 6.07) is 7.41. The molecule has 0 spiro atoms. The molecule has 3 aliphatic heterocycles. The van der Waals surface area contributed by atoms with E-state index in [1.165, 1.54) is 0 Å². The van der Waals surface area contributed by atoms with E-state index in [1.807, 2.05) is 29.2 Å². The van der Waals surface area contributed by atoms with Gasteiger partial charge in [-0.2, -0.15) is 15.0 Å². The molecule has 0 bridgehead atoms. The van der Waals surface area contributed by atoms with Gasteiger partial charge in [-0.3, -0.25) is 9.69 Å². The number of hydrogen-bond acceptors (Lipinski definition) is 10. The number of anilines is 2. The first kappa shape index (κ1) is 20.7. The Morgan fingerprint density at radius 3 is 2.53 bits per heavy atom. The van der Waals surface area contributed by atoms with Gasteiger partial charge in [0.1, 0.15) is 12.4 Å².